The van der Waals surface area contributed by atoms with Gasteiger partial charge >= 0.3 is 0 Å². The maximum absolute atomic E-state index is 11.8. The van der Waals surface area contributed by atoms with Crippen molar-refractivity contribution in [3.8, 4) is 107 Å². The number of hydrogen-bond donors (Lipinski definition) is 0. The van der Waals surface area contributed by atoms with Gasteiger partial charge in [-0.25, -0.2) is 9.97 Å². The molecule has 3 aromatic heterocycles. The molecule has 3 heterocycles. The number of nitriles is 1. The van der Waals surface area contributed by atoms with Crippen LogP contribution in [0.5, 0.6) is 0 Å². The van der Waals surface area contributed by atoms with Gasteiger partial charge in [0.2, 0.25) is 0 Å². The topological polar surface area (TPSA) is 59.4 Å². The minimum atomic E-state index is 0.540. The highest BCUT2D eigenvalue weighted by molar-refractivity contribution is 6.14. The van der Waals surface area contributed by atoms with Crippen molar-refractivity contribution in [1.29, 1.82) is 5.26 Å². The number of hydrogen-bond acceptors (Lipinski definition) is 3. The third-order valence-corrected chi connectivity index (χ3v) is 17.8. The summed E-state index contributed by atoms with van der Waals surface area (Å²) in [7, 11) is 0. The van der Waals surface area contributed by atoms with Crippen LogP contribution < -0.4 is 0 Å². The van der Waals surface area contributed by atoms with E-state index in [1.807, 2.05) is 24.3 Å². The molecule has 430 valence electrons. The molecule has 90 heavy (non-hydrogen) atoms. The standard InChI is InChI=1S/C85H65N5/c1-51-32-52(2)37-67(36-51)61-22-27-78-71(44-61)72-45-62(68-38-53(3)33-54(4)39-68)23-28-79(72)89(78)82-31-26-65(85-87-76(59-16-11-9-12-17-59)49-77(88-85)60-18-13-10-14-19-60)48-75(82)84-66(50-86)20-15-21-83(84)90-80-29-24-63(69-40-55(5)34-56(6)41-69)46-73(80)74-47-64(25-30-81(74)90)70-42-57(7)35-58(8)43-70/h9-49H,1-8H3. The van der Waals surface area contributed by atoms with Crippen molar-refractivity contribution >= 4 is 43.6 Å². The number of nitrogens with zero attached hydrogens (tertiary/aromatic N) is 5. The van der Waals surface area contributed by atoms with Crippen LogP contribution >= 0.6 is 0 Å². The third kappa shape index (κ3) is 10.0. The molecule has 15 rings (SSSR count). The number of benzene rings is 12. The van der Waals surface area contributed by atoms with E-state index in [2.05, 4.69) is 295 Å². The monoisotopic (exact) mass is 1160 g/mol. The van der Waals surface area contributed by atoms with Crippen LogP contribution in [0.4, 0.5) is 0 Å². The lowest BCUT2D eigenvalue weighted by molar-refractivity contribution is 1.15. The predicted molar refractivity (Wildman–Crippen MR) is 377 cm³/mol. The van der Waals surface area contributed by atoms with Gasteiger partial charge in [0, 0.05) is 49.4 Å². The molecule has 0 radical (unpaired) electrons. The SMILES string of the molecule is Cc1cc(C)cc(-c2ccc3c(c2)c2cc(-c4cc(C)cc(C)c4)ccc2n3-c2ccc(-c3nc(-c4ccccc4)cc(-c4ccccc4)n3)cc2-c2c(C#N)cccc2-n2c3ccc(-c4cc(C)cc(C)c4)cc3c3cc(-c4cc(C)cc(C)c4)ccc32)c1. The molecule has 0 amide bonds. The zero-order chi connectivity index (χ0) is 61.5. The summed E-state index contributed by atoms with van der Waals surface area (Å²) >= 11 is 0. The first-order valence-corrected chi connectivity index (χ1v) is 31.0. The fourth-order valence-electron chi connectivity index (χ4n) is 14.1. The van der Waals surface area contributed by atoms with Crippen molar-refractivity contribution < 1.29 is 0 Å². The van der Waals surface area contributed by atoms with Crippen LogP contribution in [0.1, 0.15) is 50.1 Å². The molecule has 15 aromatic rings. The van der Waals surface area contributed by atoms with Crippen molar-refractivity contribution in [3.05, 3.63) is 299 Å². The zero-order valence-corrected chi connectivity index (χ0v) is 51.9. The molecule has 0 fully saturated rings. The summed E-state index contributed by atoms with van der Waals surface area (Å²) in [6, 6.07) is 93.3. The lowest BCUT2D eigenvalue weighted by atomic mass is 9.94. The molecule has 0 aliphatic rings. The lowest BCUT2D eigenvalue weighted by Crippen LogP contribution is -2.04. The van der Waals surface area contributed by atoms with E-state index in [9.17, 15) is 5.26 Å². The quantitative estimate of drug-likeness (QED) is 0.137. The molecular formula is C85H65N5. The van der Waals surface area contributed by atoms with Gasteiger partial charge in [0.15, 0.2) is 5.82 Å². The first-order chi connectivity index (χ1) is 43.8. The van der Waals surface area contributed by atoms with Crippen LogP contribution in [0, 0.1) is 66.7 Å². The molecule has 0 bridgehead atoms. The van der Waals surface area contributed by atoms with E-state index in [0.29, 0.717) is 11.4 Å². The Morgan fingerprint density at radius 1 is 0.278 bits per heavy atom. The summed E-state index contributed by atoms with van der Waals surface area (Å²) < 4.78 is 4.82. The number of rotatable bonds is 10. The minimum absolute atomic E-state index is 0.540. The van der Waals surface area contributed by atoms with Gasteiger partial charge in [-0.1, -0.05) is 208 Å². The second-order valence-electron chi connectivity index (χ2n) is 24.8. The molecule has 5 heteroatoms. The highest BCUT2D eigenvalue weighted by atomic mass is 15.0. The molecule has 0 atom stereocenters. The number of aryl methyl sites for hydroxylation is 8. The van der Waals surface area contributed by atoms with E-state index in [1.165, 1.54) is 66.8 Å². The molecule has 0 saturated heterocycles. The fraction of sp³-hybridized carbons (Fsp3) is 0.0941. The lowest BCUT2D eigenvalue weighted by Gasteiger charge is -2.21. The van der Waals surface area contributed by atoms with Crippen LogP contribution in [0.15, 0.2) is 249 Å². The molecule has 5 nitrogen and oxygen atoms in total. The van der Waals surface area contributed by atoms with Crippen molar-refractivity contribution in [1.82, 2.24) is 19.1 Å². The van der Waals surface area contributed by atoms with Crippen molar-refractivity contribution in [3.63, 3.8) is 0 Å². The van der Waals surface area contributed by atoms with Gasteiger partial charge in [-0.15, -0.1) is 0 Å². The van der Waals surface area contributed by atoms with Crippen LogP contribution in [0.2, 0.25) is 0 Å². The van der Waals surface area contributed by atoms with Gasteiger partial charge in [-0.3, -0.25) is 0 Å². The van der Waals surface area contributed by atoms with E-state index in [-0.39, 0.29) is 0 Å². The third-order valence-electron chi connectivity index (χ3n) is 17.8. The van der Waals surface area contributed by atoms with Gasteiger partial charge in [0.1, 0.15) is 0 Å². The second kappa shape index (κ2) is 22.2. The Kier molecular flexibility index (Phi) is 13.7. The summed E-state index contributed by atoms with van der Waals surface area (Å²) in [5.41, 5.74) is 31.7. The Hall–Kier alpha value is -11.2. The van der Waals surface area contributed by atoms with Crippen molar-refractivity contribution in [2.45, 2.75) is 55.4 Å². The molecule has 0 saturated carbocycles. The van der Waals surface area contributed by atoms with Gasteiger partial charge in [-0.05, 0) is 185 Å². The largest absolute Gasteiger partial charge is 0.309 e. The Bertz CT molecular complexity index is 5100. The number of fused-ring (bicyclic) bond motifs is 6. The highest BCUT2D eigenvalue weighted by Crippen LogP contribution is 2.46. The van der Waals surface area contributed by atoms with Crippen LogP contribution in [0.3, 0.4) is 0 Å². The highest BCUT2D eigenvalue weighted by Gasteiger charge is 2.26. The fourth-order valence-corrected chi connectivity index (χ4v) is 14.1. The maximum atomic E-state index is 11.8. The first kappa shape index (κ1) is 55.4. The maximum Gasteiger partial charge on any atom is 0.160 e. The van der Waals surface area contributed by atoms with E-state index in [0.717, 1.165) is 116 Å². The number of aromatic nitrogens is 4. The van der Waals surface area contributed by atoms with Gasteiger partial charge < -0.3 is 9.13 Å². The Labute approximate surface area is 526 Å². The van der Waals surface area contributed by atoms with Gasteiger partial charge in [-0.2, -0.15) is 5.26 Å². The van der Waals surface area contributed by atoms with Crippen LogP contribution in [-0.4, -0.2) is 19.1 Å². The smallest absolute Gasteiger partial charge is 0.160 e. The molecule has 0 spiro atoms. The molecule has 0 aliphatic carbocycles. The predicted octanol–water partition coefficient (Wildman–Crippen LogP) is 22.3. The van der Waals surface area contributed by atoms with Crippen LogP contribution in [-0.2, 0) is 0 Å². The minimum Gasteiger partial charge on any atom is -0.309 e. The van der Waals surface area contributed by atoms with E-state index < -0.39 is 0 Å². The second-order valence-corrected chi connectivity index (χ2v) is 24.8. The molecule has 12 aromatic carbocycles. The molecule has 0 unspecified atom stereocenters. The summed E-state index contributed by atoms with van der Waals surface area (Å²) in [6.07, 6.45) is 0. The average Bonchev–Trinajstić information content (AvgIpc) is 1.54. The Morgan fingerprint density at radius 3 is 0.978 bits per heavy atom. The Morgan fingerprint density at radius 2 is 0.622 bits per heavy atom. The summed E-state index contributed by atoms with van der Waals surface area (Å²) in [4.78, 5) is 10.8. The van der Waals surface area contributed by atoms with E-state index in [1.54, 1.807) is 0 Å². The Balaban J connectivity index is 1.05. The summed E-state index contributed by atoms with van der Waals surface area (Å²) in [6.45, 7) is 17.4. The van der Waals surface area contributed by atoms with Crippen molar-refractivity contribution in [2.24, 2.45) is 0 Å². The van der Waals surface area contributed by atoms with E-state index in [4.69, 9.17) is 9.97 Å². The van der Waals surface area contributed by atoms with E-state index >= 15 is 0 Å². The van der Waals surface area contributed by atoms with Gasteiger partial charge in [0.25, 0.3) is 0 Å². The van der Waals surface area contributed by atoms with Crippen LogP contribution in [0.25, 0.3) is 145 Å². The summed E-state index contributed by atoms with van der Waals surface area (Å²) in [5, 5.41) is 16.3. The molecule has 0 aliphatic heterocycles. The first-order valence-electron chi connectivity index (χ1n) is 31.0. The molecule has 0 N–H and O–H groups in total. The van der Waals surface area contributed by atoms with Crippen molar-refractivity contribution in [2.75, 3.05) is 0 Å². The molecular weight excluding hydrogens is 1090 g/mol. The van der Waals surface area contributed by atoms with Gasteiger partial charge in [0.05, 0.1) is 56.5 Å². The zero-order valence-electron chi connectivity index (χ0n) is 51.9. The summed E-state index contributed by atoms with van der Waals surface area (Å²) in [5.74, 6) is 0.576. The average molecular weight is 1160 g/mol. The normalized spacial score (nSPS) is 11.5.